The number of nitriles is 1. The molecule has 0 aliphatic carbocycles. The van der Waals surface area contributed by atoms with Gasteiger partial charge >= 0.3 is 0 Å². The number of hydrogen-bond acceptors (Lipinski definition) is 5. The second kappa shape index (κ2) is 7.57. The highest BCUT2D eigenvalue weighted by Crippen LogP contribution is 2.57. The van der Waals surface area contributed by atoms with Gasteiger partial charge in [0, 0.05) is 16.8 Å². The smallest absolute Gasteiger partial charge is 0.248 e. The first kappa shape index (κ1) is 20.7. The third kappa shape index (κ3) is 2.82. The highest BCUT2D eigenvalue weighted by Gasteiger charge is 2.61. The average molecular weight is 463 g/mol. The van der Waals surface area contributed by atoms with Crippen molar-refractivity contribution in [2.45, 2.75) is 12.0 Å². The van der Waals surface area contributed by atoms with Crippen LogP contribution in [0.25, 0.3) is 11.3 Å². The number of H-pyrrole nitrogens is 1. The van der Waals surface area contributed by atoms with Gasteiger partial charge in [-0.05, 0) is 23.8 Å². The fourth-order valence-corrected chi connectivity index (χ4v) is 5.08. The number of nitrogens with one attached hydrogen (secondary N) is 1. The Hall–Kier alpha value is -4.90. The number of para-hydroxylation sites is 1. The number of benzene rings is 3. The average Bonchev–Trinajstić information content (AvgIpc) is 3.39. The number of nitrogens with zero attached hydrogens (tertiary/aromatic N) is 3. The summed E-state index contributed by atoms with van der Waals surface area (Å²) in [5.74, 6) is -0.822. The fourth-order valence-electron chi connectivity index (χ4n) is 5.08. The Balaban J connectivity index is 1.64. The molecular weight excluding hydrogens is 445 g/mol. The number of aromatic amines is 1. The van der Waals surface area contributed by atoms with Crippen LogP contribution in [0.4, 0.5) is 10.1 Å². The van der Waals surface area contributed by atoms with Gasteiger partial charge in [-0.1, -0.05) is 60.7 Å². The number of aromatic nitrogens is 2. The first-order valence-electron chi connectivity index (χ1n) is 10.9. The molecule has 0 fully saturated rings. The third-order valence-electron chi connectivity index (χ3n) is 6.50. The molecule has 3 heterocycles. The summed E-state index contributed by atoms with van der Waals surface area (Å²) in [6.07, 6.45) is 0. The Morgan fingerprint density at radius 2 is 1.86 bits per heavy atom. The molecule has 0 bridgehead atoms. The van der Waals surface area contributed by atoms with Crippen molar-refractivity contribution < 1.29 is 13.9 Å². The van der Waals surface area contributed by atoms with Gasteiger partial charge in [-0.3, -0.25) is 9.89 Å². The Bertz CT molecular complexity index is 1570. The summed E-state index contributed by atoms with van der Waals surface area (Å²) in [7, 11) is 0. The van der Waals surface area contributed by atoms with Crippen LogP contribution >= 0.6 is 0 Å². The zero-order valence-corrected chi connectivity index (χ0v) is 18.3. The largest absolute Gasteiger partial charge is 0.420 e. The number of fused-ring (bicyclic) bond motifs is 4. The van der Waals surface area contributed by atoms with Crippen molar-refractivity contribution in [3.05, 3.63) is 113 Å². The Morgan fingerprint density at radius 1 is 1.09 bits per heavy atom. The lowest BCUT2D eigenvalue weighted by Gasteiger charge is -2.32. The first-order valence-corrected chi connectivity index (χ1v) is 10.9. The van der Waals surface area contributed by atoms with Crippen LogP contribution < -0.4 is 15.4 Å². The molecule has 2 aliphatic rings. The molecule has 3 N–H and O–H groups in total. The minimum atomic E-state index is -1.57. The summed E-state index contributed by atoms with van der Waals surface area (Å²) >= 11 is 0. The van der Waals surface area contributed by atoms with Gasteiger partial charge in [-0.2, -0.15) is 5.26 Å². The van der Waals surface area contributed by atoms with E-state index in [0.29, 0.717) is 28.1 Å². The number of hydrogen-bond donors (Lipinski definition) is 2. The lowest BCUT2D eigenvalue weighted by atomic mass is 9.68. The van der Waals surface area contributed by atoms with Crippen molar-refractivity contribution in [1.29, 1.82) is 5.26 Å². The van der Waals surface area contributed by atoms with E-state index in [1.54, 1.807) is 23.1 Å². The summed E-state index contributed by atoms with van der Waals surface area (Å²) in [5.41, 5.74) is 8.18. The summed E-state index contributed by atoms with van der Waals surface area (Å²) in [4.78, 5) is 16.0. The Labute approximate surface area is 199 Å². The van der Waals surface area contributed by atoms with E-state index in [9.17, 15) is 14.4 Å². The summed E-state index contributed by atoms with van der Waals surface area (Å²) in [5, 5.41) is 17.5. The predicted octanol–water partition coefficient (Wildman–Crippen LogP) is 4.13. The van der Waals surface area contributed by atoms with Crippen LogP contribution in [-0.4, -0.2) is 16.1 Å². The molecule has 1 spiro atoms. The normalized spacial score (nSPS) is 18.3. The molecule has 1 amide bonds. The van der Waals surface area contributed by atoms with Gasteiger partial charge in [-0.15, -0.1) is 5.10 Å². The van der Waals surface area contributed by atoms with Gasteiger partial charge < -0.3 is 15.4 Å². The van der Waals surface area contributed by atoms with Crippen LogP contribution in [0.2, 0.25) is 0 Å². The molecule has 35 heavy (non-hydrogen) atoms. The molecule has 2 aliphatic heterocycles. The fraction of sp³-hybridized carbons (Fsp3) is 0.0741. The third-order valence-corrected chi connectivity index (χ3v) is 6.50. The summed E-state index contributed by atoms with van der Waals surface area (Å²) in [6, 6.07) is 24.9. The molecule has 0 saturated heterocycles. The van der Waals surface area contributed by atoms with Crippen molar-refractivity contribution in [2.75, 3.05) is 4.90 Å². The monoisotopic (exact) mass is 463 g/mol. The number of carbonyl (C=O) groups excluding carboxylic acids is 1. The SMILES string of the molecule is N#CC1=C(N)Oc2n[nH]c(-c3ccccc3)c2C12C(=O)N(Cc1cccc(F)c1)c1ccccc12. The second-order valence-corrected chi connectivity index (χ2v) is 8.39. The zero-order chi connectivity index (χ0) is 24.2. The molecule has 7 nitrogen and oxygen atoms in total. The number of ether oxygens (including phenoxy) is 1. The summed E-state index contributed by atoms with van der Waals surface area (Å²) in [6.45, 7) is 0.114. The van der Waals surface area contributed by atoms with Gasteiger partial charge in [-0.25, -0.2) is 4.39 Å². The van der Waals surface area contributed by atoms with Gasteiger partial charge in [0.2, 0.25) is 17.7 Å². The first-order chi connectivity index (χ1) is 17.1. The quantitative estimate of drug-likeness (QED) is 0.475. The lowest BCUT2D eigenvalue weighted by molar-refractivity contribution is -0.121. The van der Waals surface area contributed by atoms with Crippen LogP contribution in [0.5, 0.6) is 5.88 Å². The molecule has 3 aromatic carbocycles. The molecule has 8 heteroatoms. The van der Waals surface area contributed by atoms with Crippen LogP contribution in [0.3, 0.4) is 0 Å². The minimum absolute atomic E-state index is 0.0113. The van der Waals surface area contributed by atoms with Gasteiger partial charge in [0.25, 0.3) is 0 Å². The van der Waals surface area contributed by atoms with Crippen molar-refractivity contribution in [1.82, 2.24) is 10.2 Å². The van der Waals surface area contributed by atoms with E-state index < -0.39 is 11.2 Å². The number of rotatable bonds is 3. The number of anilines is 1. The second-order valence-electron chi connectivity index (χ2n) is 8.39. The van der Waals surface area contributed by atoms with Crippen molar-refractivity contribution in [3.8, 4) is 23.2 Å². The summed E-state index contributed by atoms with van der Waals surface area (Å²) < 4.78 is 19.7. The van der Waals surface area contributed by atoms with Gasteiger partial charge in [0.05, 0.1) is 17.8 Å². The number of nitrogens with two attached hydrogens (primary N) is 1. The van der Waals surface area contributed by atoms with Crippen LogP contribution in [0, 0.1) is 17.1 Å². The highest BCUT2D eigenvalue weighted by atomic mass is 19.1. The molecule has 0 radical (unpaired) electrons. The van der Waals surface area contributed by atoms with Crippen molar-refractivity contribution in [2.24, 2.45) is 5.73 Å². The molecule has 1 unspecified atom stereocenters. The standard InChI is InChI=1S/C27H18FN5O2/c28-18-10-6-7-16(13-18)15-33-21-12-5-4-11-19(21)27(26(33)34)20(14-29)24(30)35-25-22(27)23(31-32-25)17-8-2-1-3-9-17/h1-13H,15,30H2,(H,31,32). The van der Waals surface area contributed by atoms with Crippen molar-refractivity contribution >= 4 is 11.6 Å². The molecule has 0 saturated carbocycles. The number of amides is 1. The van der Waals surface area contributed by atoms with E-state index in [2.05, 4.69) is 16.3 Å². The predicted molar refractivity (Wildman–Crippen MR) is 126 cm³/mol. The van der Waals surface area contributed by atoms with E-state index in [1.807, 2.05) is 48.5 Å². The molecule has 170 valence electrons. The Kier molecular flexibility index (Phi) is 4.47. The van der Waals surface area contributed by atoms with Gasteiger partial charge in [0.15, 0.2) is 0 Å². The molecular formula is C27H18FN5O2. The van der Waals surface area contributed by atoms with Crippen LogP contribution in [0.1, 0.15) is 16.7 Å². The Morgan fingerprint density at radius 3 is 2.63 bits per heavy atom. The maximum atomic E-state index is 14.5. The van der Waals surface area contributed by atoms with E-state index in [1.165, 1.54) is 12.1 Å². The number of carbonyl (C=O) groups is 1. The van der Waals surface area contributed by atoms with Crippen molar-refractivity contribution in [3.63, 3.8) is 0 Å². The zero-order valence-electron chi connectivity index (χ0n) is 18.3. The number of halogens is 1. The molecule has 1 atom stereocenters. The van der Waals surface area contributed by atoms with Crippen LogP contribution in [-0.2, 0) is 16.8 Å². The van der Waals surface area contributed by atoms with Crippen LogP contribution in [0.15, 0.2) is 90.3 Å². The maximum Gasteiger partial charge on any atom is 0.248 e. The lowest BCUT2D eigenvalue weighted by Crippen LogP contribution is -2.45. The van der Waals surface area contributed by atoms with E-state index in [0.717, 1.165) is 5.56 Å². The minimum Gasteiger partial charge on any atom is -0.420 e. The molecule has 4 aromatic rings. The van der Waals surface area contributed by atoms with E-state index >= 15 is 0 Å². The van der Waals surface area contributed by atoms with E-state index in [-0.39, 0.29) is 29.8 Å². The topological polar surface area (TPSA) is 108 Å². The molecule has 6 rings (SSSR count). The van der Waals surface area contributed by atoms with E-state index in [4.69, 9.17) is 10.5 Å². The molecule has 1 aromatic heterocycles. The van der Waals surface area contributed by atoms with Gasteiger partial charge in [0.1, 0.15) is 22.9 Å². The highest BCUT2D eigenvalue weighted by molar-refractivity contribution is 6.15. The maximum absolute atomic E-state index is 14.5.